The van der Waals surface area contributed by atoms with Gasteiger partial charge < -0.3 is 14.2 Å². The van der Waals surface area contributed by atoms with E-state index in [1.54, 1.807) is 12.1 Å². The molecule has 3 aromatic carbocycles. The summed E-state index contributed by atoms with van der Waals surface area (Å²) in [7, 11) is 1.41. The Morgan fingerprint density at radius 2 is 1.61 bits per heavy atom. The van der Waals surface area contributed by atoms with E-state index in [1.165, 1.54) is 49.2 Å². The molecule has 41 heavy (non-hydrogen) atoms. The van der Waals surface area contributed by atoms with Crippen LogP contribution in [0.5, 0.6) is 17.2 Å². The van der Waals surface area contributed by atoms with Crippen molar-refractivity contribution in [3.63, 3.8) is 0 Å². The molecule has 0 saturated heterocycles. The highest BCUT2D eigenvalue weighted by Gasteiger charge is 2.27. The zero-order valence-electron chi connectivity index (χ0n) is 24.1. The summed E-state index contributed by atoms with van der Waals surface area (Å²) < 4.78 is 16.3. The fourth-order valence-electron chi connectivity index (χ4n) is 4.52. The van der Waals surface area contributed by atoms with Gasteiger partial charge in [-0.2, -0.15) is 5.10 Å². The van der Waals surface area contributed by atoms with Crippen LogP contribution in [0.25, 0.3) is 0 Å². The van der Waals surface area contributed by atoms with Gasteiger partial charge in [-0.15, -0.1) is 0 Å². The molecule has 0 heterocycles. The molecule has 3 aromatic rings. The van der Waals surface area contributed by atoms with Gasteiger partial charge in [0.1, 0.15) is 5.75 Å². The molecule has 1 amide bonds. The minimum atomic E-state index is -0.699. The number of hydrogen-bond acceptors (Lipinski definition) is 8. The van der Waals surface area contributed by atoms with Crippen LogP contribution < -0.4 is 19.6 Å². The number of esters is 1. The van der Waals surface area contributed by atoms with Crippen LogP contribution in [-0.4, -0.2) is 36.7 Å². The number of nitrogens with one attached hydrogen (secondary N) is 1. The zero-order valence-corrected chi connectivity index (χ0v) is 24.1. The molecule has 1 N–H and O–H groups in total. The third-order valence-electron chi connectivity index (χ3n) is 6.09. The Morgan fingerprint density at radius 3 is 2.20 bits per heavy atom. The molecule has 0 radical (unpaired) electrons. The fraction of sp³-hybridized carbons (Fsp3) is 0.323. The number of ether oxygens (including phenoxy) is 3. The highest BCUT2D eigenvalue weighted by Crippen LogP contribution is 2.36. The van der Waals surface area contributed by atoms with Gasteiger partial charge in [-0.3, -0.25) is 14.9 Å². The van der Waals surface area contributed by atoms with Gasteiger partial charge in [-0.1, -0.05) is 46.8 Å². The van der Waals surface area contributed by atoms with E-state index in [-0.39, 0.29) is 40.2 Å². The first-order chi connectivity index (χ1) is 19.3. The minimum absolute atomic E-state index is 0.0125. The number of nitro benzene ring substituents is 1. The normalized spacial score (nSPS) is 11.7. The Kier molecular flexibility index (Phi) is 9.83. The lowest BCUT2D eigenvalue weighted by Crippen LogP contribution is -2.25. The summed E-state index contributed by atoms with van der Waals surface area (Å²) in [4.78, 5) is 34.9. The van der Waals surface area contributed by atoms with Gasteiger partial charge in [0.05, 0.1) is 23.8 Å². The van der Waals surface area contributed by atoms with E-state index in [2.05, 4.69) is 45.1 Å². The summed E-state index contributed by atoms with van der Waals surface area (Å²) in [6.45, 7) is 10.9. The van der Waals surface area contributed by atoms with Gasteiger partial charge in [-0.25, -0.2) is 10.2 Å². The van der Waals surface area contributed by atoms with Crippen LogP contribution in [0.1, 0.15) is 62.5 Å². The summed E-state index contributed by atoms with van der Waals surface area (Å²) in [5.74, 6) is -0.136. The Bertz CT molecular complexity index is 1410. The standard InChI is InChI=1S/C31H35N3O7/c1-30(2,3)20-31(4,5)23-10-14-25(15-11-23)40-19-28(35)33-32-18-21-7-16-26(27(17-21)39-6)41-29(36)22-8-12-24(13-9-22)34(37)38/h7-18H,19-20H2,1-6H3,(H,33,35). The number of nitro groups is 1. The number of methoxy groups -OCH3 is 1. The number of hydrazone groups is 1. The number of carbonyl (C=O) groups excluding carboxylic acids is 2. The largest absolute Gasteiger partial charge is 0.493 e. The Labute approximate surface area is 239 Å². The molecule has 0 saturated carbocycles. The highest BCUT2D eigenvalue weighted by atomic mass is 16.6. The van der Waals surface area contributed by atoms with E-state index in [0.29, 0.717) is 11.3 Å². The van der Waals surface area contributed by atoms with Crippen molar-refractivity contribution in [3.8, 4) is 17.2 Å². The lowest BCUT2D eigenvalue weighted by molar-refractivity contribution is -0.384. The average molecular weight is 562 g/mol. The molecule has 0 fully saturated rings. The van der Waals surface area contributed by atoms with Gasteiger partial charge in [0, 0.05) is 12.1 Å². The van der Waals surface area contributed by atoms with E-state index in [4.69, 9.17) is 14.2 Å². The third kappa shape index (κ3) is 9.16. The van der Waals surface area contributed by atoms with E-state index in [1.807, 2.05) is 24.3 Å². The Balaban J connectivity index is 1.52. The first-order valence-corrected chi connectivity index (χ1v) is 13.0. The van der Waals surface area contributed by atoms with E-state index in [0.717, 1.165) is 6.42 Å². The second-order valence-electron chi connectivity index (χ2n) is 11.3. The molecular weight excluding hydrogens is 526 g/mol. The molecule has 0 bridgehead atoms. The maximum atomic E-state index is 12.4. The molecule has 0 aliphatic carbocycles. The molecule has 10 heteroatoms. The lowest BCUT2D eigenvalue weighted by Gasteiger charge is -2.33. The van der Waals surface area contributed by atoms with E-state index < -0.39 is 16.8 Å². The monoisotopic (exact) mass is 561 g/mol. The topological polar surface area (TPSA) is 129 Å². The van der Waals surface area contributed by atoms with Crippen LogP contribution in [0.15, 0.2) is 71.8 Å². The van der Waals surface area contributed by atoms with E-state index >= 15 is 0 Å². The molecule has 0 aliphatic heterocycles. The predicted octanol–water partition coefficient (Wildman–Crippen LogP) is 6.07. The van der Waals surface area contributed by atoms with Crippen LogP contribution in [-0.2, 0) is 10.2 Å². The number of nitrogens with zero attached hydrogens (tertiary/aromatic N) is 2. The summed E-state index contributed by atoms with van der Waals surface area (Å²) in [5.41, 5.74) is 4.42. The van der Waals surface area contributed by atoms with Crippen molar-refractivity contribution in [2.75, 3.05) is 13.7 Å². The van der Waals surface area contributed by atoms with Gasteiger partial charge in [0.15, 0.2) is 18.1 Å². The van der Waals surface area contributed by atoms with Crippen LogP contribution in [0, 0.1) is 15.5 Å². The van der Waals surface area contributed by atoms with Gasteiger partial charge >= 0.3 is 5.97 Å². The van der Waals surface area contributed by atoms with Gasteiger partial charge in [-0.05, 0) is 70.8 Å². The van der Waals surface area contributed by atoms with Crippen molar-refractivity contribution in [3.05, 3.63) is 93.5 Å². The fourth-order valence-corrected chi connectivity index (χ4v) is 4.52. The van der Waals surface area contributed by atoms with Crippen molar-refractivity contribution in [1.29, 1.82) is 0 Å². The summed E-state index contributed by atoms with van der Waals surface area (Å²) in [6, 6.07) is 17.5. The maximum absolute atomic E-state index is 12.4. The van der Waals surface area contributed by atoms with Gasteiger partial charge in [0.2, 0.25) is 0 Å². The molecule has 3 rings (SSSR count). The van der Waals surface area contributed by atoms with Crippen LogP contribution in [0.4, 0.5) is 5.69 Å². The Morgan fingerprint density at radius 1 is 0.951 bits per heavy atom. The van der Waals surface area contributed by atoms with Crippen LogP contribution in [0.2, 0.25) is 0 Å². The SMILES string of the molecule is COc1cc(C=NNC(=O)COc2ccc(C(C)(C)CC(C)(C)C)cc2)ccc1OC(=O)c1ccc([N+](=O)[O-])cc1. The van der Waals surface area contributed by atoms with Crippen molar-refractivity contribution < 1.29 is 28.7 Å². The number of benzene rings is 3. The third-order valence-corrected chi connectivity index (χ3v) is 6.09. The predicted molar refractivity (Wildman–Crippen MR) is 156 cm³/mol. The molecule has 0 atom stereocenters. The smallest absolute Gasteiger partial charge is 0.343 e. The summed E-state index contributed by atoms with van der Waals surface area (Å²) >= 11 is 0. The second kappa shape index (κ2) is 13.1. The molecule has 0 aliphatic rings. The van der Waals surface area contributed by atoms with Crippen molar-refractivity contribution in [2.45, 2.75) is 46.5 Å². The van der Waals surface area contributed by atoms with Crippen molar-refractivity contribution >= 4 is 23.8 Å². The highest BCUT2D eigenvalue weighted by molar-refractivity contribution is 5.92. The molecule has 0 unspecified atom stereocenters. The number of carbonyl (C=O) groups is 2. The zero-order chi connectivity index (χ0) is 30.2. The van der Waals surface area contributed by atoms with E-state index in [9.17, 15) is 19.7 Å². The number of hydrogen-bond donors (Lipinski definition) is 1. The second-order valence-corrected chi connectivity index (χ2v) is 11.3. The molecule has 0 spiro atoms. The summed E-state index contributed by atoms with van der Waals surface area (Å²) in [6.07, 6.45) is 2.44. The quantitative estimate of drug-likeness (QED) is 0.0989. The first-order valence-electron chi connectivity index (χ1n) is 13.0. The molecule has 216 valence electrons. The number of amides is 1. The van der Waals surface area contributed by atoms with Crippen molar-refractivity contribution in [2.24, 2.45) is 10.5 Å². The first kappa shape index (κ1) is 30.8. The minimum Gasteiger partial charge on any atom is -0.493 e. The average Bonchev–Trinajstić information content (AvgIpc) is 2.91. The lowest BCUT2D eigenvalue weighted by atomic mass is 9.72. The number of non-ortho nitro benzene ring substituents is 1. The number of rotatable bonds is 11. The Hall–Kier alpha value is -4.73. The van der Waals surface area contributed by atoms with Crippen molar-refractivity contribution in [1.82, 2.24) is 5.43 Å². The van der Waals surface area contributed by atoms with Crippen LogP contribution >= 0.6 is 0 Å². The molecular formula is C31H35N3O7. The maximum Gasteiger partial charge on any atom is 0.343 e. The molecule has 0 aromatic heterocycles. The van der Waals surface area contributed by atoms with Gasteiger partial charge in [0.25, 0.3) is 11.6 Å². The van der Waals surface area contributed by atoms with Crippen LogP contribution in [0.3, 0.4) is 0 Å². The molecule has 10 nitrogen and oxygen atoms in total. The summed E-state index contributed by atoms with van der Waals surface area (Å²) in [5, 5.41) is 14.7.